The van der Waals surface area contributed by atoms with Gasteiger partial charge in [0.15, 0.2) is 17.0 Å². The molecule has 19 heteroatoms. The number of pyridine rings is 1. The molecule has 0 bridgehead atoms. The molecule has 374 valence electrons. The first-order valence-electron chi connectivity index (χ1n) is 25.5. The fraction of sp³-hybridized carbons (Fsp3) is 0.453. The predicted octanol–water partition coefficient (Wildman–Crippen LogP) is 7.36. The van der Waals surface area contributed by atoms with Crippen LogP contribution in [0.25, 0.3) is 38.7 Å². The van der Waals surface area contributed by atoms with Crippen LogP contribution in [0.2, 0.25) is 0 Å². The van der Waals surface area contributed by atoms with Gasteiger partial charge in [0, 0.05) is 80.4 Å². The molecule has 4 N–H and O–H groups in total. The van der Waals surface area contributed by atoms with Crippen molar-refractivity contribution >= 4 is 62.0 Å². The van der Waals surface area contributed by atoms with E-state index in [9.17, 15) is 28.3 Å². The smallest absolute Gasteiger partial charge is 0.278 e. The number of aromatic nitrogens is 7. The number of nitrogens with zero attached hydrogens (tertiary/aromatic N) is 9. The zero-order chi connectivity index (χ0) is 49.3. The number of hydrogen-bond donors (Lipinski definition) is 4. The minimum atomic E-state index is -1.91. The van der Waals surface area contributed by atoms with Crippen molar-refractivity contribution in [1.82, 2.24) is 49.6 Å². The number of amides is 2. The summed E-state index contributed by atoms with van der Waals surface area (Å²) in [6.07, 6.45) is 10.2. The van der Waals surface area contributed by atoms with Gasteiger partial charge in [0.25, 0.3) is 11.6 Å². The average molecular weight is 981 g/mol. The fourth-order valence-electron chi connectivity index (χ4n) is 12.5. The molecular weight excluding hydrogens is 923 g/mol. The average Bonchev–Trinajstić information content (AvgIpc) is 4.25. The molecule has 12 rings (SSSR count). The zero-order valence-corrected chi connectivity index (χ0v) is 40.2. The molecule has 2 aromatic carbocycles. The summed E-state index contributed by atoms with van der Waals surface area (Å²) >= 11 is 0. The monoisotopic (exact) mass is 980 g/mol. The zero-order valence-electron chi connectivity index (χ0n) is 40.2. The number of allylic oxidation sites excluding steroid dienone is 1. The van der Waals surface area contributed by atoms with Crippen molar-refractivity contribution in [2.45, 2.75) is 101 Å². The highest BCUT2D eigenvalue weighted by Gasteiger charge is 2.38. The van der Waals surface area contributed by atoms with E-state index in [-0.39, 0.29) is 28.8 Å². The van der Waals surface area contributed by atoms with E-state index in [4.69, 9.17) is 19.5 Å². The standard InChI is InChI=1S/C53H58F2N12O5/c1-2-53(71)18-13-32-5-11-43(59-48(32)53)67-49-40(51(70)66(67)22-17-42(54)55)29-57-52(61-49)58-34-6-8-35(9-7-34)64-23-25-65(26-24-64)36-15-20-63(21-16-36)30-31-3-4-33(27-31)39-28-41-45(37-14-19-56-46(37)39)47(62-72-41)38-10-12-44(68)60-50(38)69/h5-9,11,14,17,19,28-29,31,33,36,38,62,71H,2-4,10,12-13,15-16,18,20-27,30H2,1H3,(H,57,58,61)(H,60,68,69)/t31-,33?,38?,53-/m1/s1. The van der Waals surface area contributed by atoms with Crippen LogP contribution in [0.5, 0.6) is 0 Å². The maximum absolute atomic E-state index is 13.6. The quantitative estimate of drug-likeness (QED) is 0.0888. The Hall–Kier alpha value is -6.83. The van der Waals surface area contributed by atoms with E-state index in [2.05, 4.69) is 53.7 Å². The Morgan fingerprint density at radius 3 is 2.53 bits per heavy atom. The first-order chi connectivity index (χ1) is 35.0. The number of piperazine rings is 1. The van der Waals surface area contributed by atoms with E-state index >= 15 is 0 Å². The predicted molar refractivity (Wildman–Crippen MR) is 268 cm³/mol. The van der Waals surface area contributed by atoms with Gasteiger partial charge < -0.3 is 24.7 Å². The lowest BCUT2D eigenvalue weighted by molar-refractivity contribution is -0.134. The number of imide groups is 1. The number of piperidine rings is 2. The van der Waals surface area contributed by atoms with Gasteiger partial charge >= 0.3 is 0 Å². The summed E-state index contributed by atoms with van der Waals surface area (Å²) in [7, 11) is 0. The van der Waals surface area contributed by atoms with Crippen LogP contribution in [0.15, 0.2) is 82.4 Å². The molecule has 8 heterocycles. The van der Waals surface area contributed by atoms with Crippen molar-refractivity contribution in [2.24, 2.45) is 5.92 Å². The number of aliphatic hydroxyl groups is 1. The molecule has 2 unspecified atom stereocenters. The number of aryl methyl sites for hydroxylation is 1. The summed E-state index contributed by atoms with van der Waals surface area (Å²) in [6.45, 7) is 8.71. The van der Waals surface area contributed by atoms with Crippen molar-refractivity contribution in [3.63, 3.8) is 0 Å². The van der Waals surface area contributed by atoms with Crippen LogP contribution in [-0.4, -0.2) is 113 Å². The third-order valence-electron chi connectivity index (χ3n) is 16.4. The van der Waals surface area contributed by atoms with E-state index in [1.54, 1.807) is 6.07 Å². The van der Waals surface area contributed by atoms with Crippen molar-refractivity contribution in [2.75, 3.05) is 56.0 Å². The van der Waals surface area contributed by atoms with Gasteiger partial charge in [0.05, 0.1) is 34.8 Å². The summed E-state index contributed by atoms with van der Waals surface area (Å²) in [5.41, 5.74) is 5.56. The van der Waals surface area contributed by atoms with Crippen molar-refractivity contribution in [3.8, 4) is 5.82 Å². The SMILES string of the molecule is CC[C@@]1(O)CCc2ccc(-n3c4nc(Nc5ccc(N6CCN(C7CCN(C[C@@H]8CCC(c9cc%10o[nH]c(C%11CCC(=O)NC%11=O)c%10c%10ccnc9%10)C8)CC7)CC6)cc5)ncc4c(=O)n3CC=C(F)F)nc21. The van der Waals surface area contributed by atoms with Crippen LogP contribution >= 0.6 is 0 Å². The second-order valence-electron chi connectivity index (χ2n) is 20.5. The fourth-order valence-corrected chi connectivity index (χ4v) is 12.5. The van der Waals surface area contributed by atoms with Crippen LogP contribution in [0, 0.1) is 5.92 Å². The van der Waals surface area contributed by atoms with E-state index in [0.717, 1.165) is 102 Å². The number of hydrogen-bond acceptors (Lipinski definition) is 13. The molecule has 4 atom stereocenters. The molecule has 72 heavy (non-hydrogen) atoms. The number of anilines is 3. The maximum Gasteiger partial charge on any atom is 0.278 e. The number of benzene rings is 2. The number of fused-ring (bicyclic) bond motifs is 5. The molecule has 4 fully saturated rings. The van der Waals surface area contributed by atoms with Crippen molar-refractivity contribution in [3.05, 3.63) is 106 Å². The molecule has 5 aromatic heterocycles. The largest absolute Gasteiger partial charge is 0.384 e. The number of H-pyrrole nitrogens is 1. The second kappa shape index (κ2) is 18.7. The third-order valence-corrected chi connectivity index (χ3v) is 16.4. The van der Waals surface area contributed by atoms with E-state index in [1.165, 1.54) is 35.7 Å². The molecule has 2 amide bonds. The number of rotatable bonds is 12. The summed E-state index contributed by atoms with van der Waals surface area (Å²) in [4.78, 5) is 64.7. The number of carbonyl (C=O) groups is 2. The summed E-state index contributed by atoms with van der Waals surface area (Å²) in [5, 5.41) is 22.1. The van der Waals surface area contributed by atoms with Gasteiger partial charge in [0.2, 0.25) is 17.8 Å². The number of nitrogens with one attached hydrogen (secondary N) is 3. The second-order valence-corrected chi connectivity index (χ2v) is 20.5. The highest BCUT2D eigenvalue weighted by Crippen LogP contribution is 2.45. The Morgan fingerprint density at radius 1 is 0.931 bits per heavy atom. The molecule has 2 aliphatic carbocycles. The maximum atomic E-state index is 13.6. The topological polar surface area (TPSA) is 196 Å². The Labute approximate surface area is 413 Å². The van der Waals surface area contributed by atoms with Gasteiger partial charge in [-0.2, -0.15) is 13.8 Å². The molecular formula is C53H58F2N12O5. The molecule has 5 aliphatic rings. The Bertz CT molecular complexity index is 3310. The lowest BCUT2D eigenvalue weighted by Gasteiger charge is -2.43. The lowest BCUT2D eigenvalue weighted by Crippen LogP contribution is -2.53. The summed E-state index contributed by atoms with van der Waals surface area (Å²) < 4.78 is 35.3. The summed E-state index contributed by atoms with van der Waals surface area (Å²) in [5.74, 6) is 0.554. The van der Waals surface area contributed by atoms with Gasteiger partial charge in [0.1, 0.15) is 11.0 Å². The number of halogens is 2. The van der Waals surface area contributed by atoms with Crippen LogP contribution in [-0.2, 0) is 28.2 Å². The van der Waals surface area contributed by atoms with Crippen LogP contribution < -0.4 is 21.1 Å². The summed E-state index contributed by atoms with van der Waals surface area (Å²) in [6, 6.07) is 16.5. The van der Waals surface area contributed by atoms with Gasteiger partial charge in [-0.15, -0.1) is 0 Å². The first kappa shape index (κ1) is 46.3. The van der Waals surface area contributed by atoms with Crippen LogP contribution in [0.4, 0.5) is 26.1 Å². The number of carbonyl (C=O) groups excluding carboxylic acids is 2. The van der Waals surface area contributed by atoms with Gasteiger partial charge in [-0.3, -0.25) is 29.6 Å². The number of likely N-dealkylation sites (tertiary alicyclic amines) is 1. The van der Waals surface area contributed by atoms with Gasteiger partial charge in [-0.25, -0.2) is 24.5 Å². The van der Waals surface area contributed by atoms with Crippen molar-refractivity contribution < 1.29 is 28.0 Å². The Kier molecular flexibility index (Phi) is 12.0. The van der Waals surface area contributed by atoms with Crippen LogP contribution in [0.1, 0.15) is 99.1 Å². The minimum Gasteiger partial charge on any atom is -0.384 e. The normalized spacial score (nSPS) is 23.4. The van der Waals surface area contributed by atoms with Gasteiger partial charge in [-0.1, -0.05) is 13.0 Å². The number of aromatic amines is 1. The van der Waals surface area contributed by atoms with E-state index < -0.39 is 29.7 Å². The Balaban J connectivity index is 0.646. The van der Waals surface area contributed by atoms with E-state index in [1.807, 2.05) is 37.4 Å². The molecule has 17 nitrogen and oxygen atoms in total. The lowest BCUT2D eigenvalue weighted by atomic mass is 9.89. The molecule has 3 aliphatic heterocycles. The Morgan fingerprint density at radius 2 is 1.75 bits per heavy atom. The first-order valence-corrected chi connectivity index (χ1v) is 25.5. The molecule has 0 radical (unpaired) electrons. The molecule has 3 saturated heterocycles. The molecule has 0 spiro atoms. The highest BCUT2D eigenvalue weighted by molar-refractivity contribution is 6.10. The van der Waals surface area contributed by atoms with Crippen LogP contribution in [0.3, 0.4) is 0 Å². The minimum absolute atomic E-state index is 0.156. The van der Waals surface area contributed by atoms with E-state index in [0.29, 0.717) is 73.3 Å². The highest BCUT2D eigenvalue weighted by atomic mass is 19.3. The molecule has 1 saturated carbocycles. The third kappa shape index (κ3) is 8.43. The van der Waals surface area contributed by atoms with Crippen molar-refractivity contribution in [1.29, 1.82) is 0 Å². The molecule has 7 aromatic rings. The van der Waals surface area contributed by atoms with Gasteiger partial charge in [-0.05, 0) is 136 Å².